The summed E-state index contributed by atoms with van der Waals surface area (Å²) in [4.78, 5) is 21.0. The lowest BCUT2D eigenvalue weighted by molar-refractivity contribution is -0.122. The van der Waals surface area contributed by atoms with E-state index in [4.69, 9.17) is 21.3 Å². The molecule has 1 aromatic rings. The number of sulfonamides is 1. The van der Waals surface area contributed by atoms with Crippen LogP contribution in [0.1, 0.15) is 10.4 Å². The fourth-order valence-corrected chi connectivity index (χ4v) is 2.68. The molecule has 0 aliphatic carbocycles. The first kappa shape index (κ1) is 16.9. The van der Waals surface area contributed by atoms with E-state index in [0.717, 1.165) is 12.1 Å². The van der Waals surface area contributed by atoms with Crippen molar-refractivity contribution in [2.75, 3.05) is 25.5 Å². The quantitative estimate of drug-likeness (QED) is 0.344. The molecule has 0 atom stereocenters. The first-order valence-corrected chi connectivity index (χ1v) is 7.21. The maximum Gasteiger partial charge on any atom is 0.337 e. The third-order valence-electron chi connectivity index (χ3n) is 2.31. The maximum absolute atomic E-state index is 12.0. The van der Waals surface area contributed by atoms with Gasteiger partial charge in [0.15, 0.2) is 0 Å². The van der Waals surface area contributed by atoms with Gasteiger partial charge < -0.3 is 21.3 Å². The number of amides is 1. The predicted octanol–water partition coefficient (Wildman–Crippen LogP) is -1.25. The van der Waals surface area contributed by atoms with Crippen LogP contribution in [0.5, 0.6) is 0 Å². The molecule has 0 heterocycles. The van der Waals surface area contributed by atoms with Crippen molar-refractivity contribution in [2.45, 2.75) is 4.90 Å². The van der Waals surface area contributed by atoms with E-state index in [-0.39, 0.29) is 25.4 Å². The number of nitrogens with one attached hydrogen (secondary N) is 1. The fourth-order valence-electron chi connectivity index (χ4n) is 1.44. The highest BCUT2D eigenvalue weighted by Crippen LogP contribution is 2.19. The van der Waals surface area contributed by atoms with Crippen molar-refractivity contribution in [3.8, 4) is 0 Å². The van der Waals surface area contributed by atoms with Gasteiger partial charge in [-0.05, 0) is 18.2 Å². The summed E-state index contributed by atoms with van der Waals surface area (Å²) < 4.78 is 31.0. The number of carboxylic acid groups (broad SMARTS) is 1. The van der Waals surface area contributed by atoms with Gasteiger partial charge in [0.1, 0.15) is 6.61 Å². The average Bonchev–Trinajstić information content (AvgIpc) is 2.37. The van der Waals surface area contributed by atoms with Gasteiger partial charge in [-0.2, -0.15) is 0 Å². The van der Waals surface area contributed by atoms with E-state index in [9.17, 15) is 18.0 Å². The zero-order valence-corrected chi connectivity index (χ0v) is 11.7. The van der Waals surface area contributed by atoms with Crippen molar-refractivity contribution in [1.29, 1.82) is 0 Å². The number of aromatic carboxylic acids is 1. The van der Waals surface area contributed by atoms with Crippen LogP contribution in [0.15, 0.2) is 23.1 Å². The molecule has 10 heteroatoms. The zero-order chi connectivity index (χ0) is 16.0. The SMILES string of the molecule is NC(=O)COCCNS(=O)(=O)c1cc(N)ccc1C(=O)O. The number of primary amides is 1. The molecular weight excluding hydrogens is 302 g/mol. The summed E-state index contributed by atoms with van der Waals surface area (Å²) in [5.74, 6) is -2.07. The number of anilines is 1. The molecule has 0 saturated heterocycles. The Morgan fingerprint density at radius 3 is 2.57 bits per heavy atom. The van der Waals surface area contributed by atoms with E-state index >= 15 is 0 Å². The maximum atomic E-state index is 12.0. The molecule has 116 valence electrons. The van der Waals surface area contributed by atoms with Crippen LogP contribution >= 0.6 is 0 Å². The monoisotopic (exact) mass is 317 g/mol. The Bertz CT molecular complexity index is 643. The second-order valence-corrected chi connectivity index (χ2v) is 5.71. The van der Waals surface area contributed by atoms with Gasteiger partial charge in [-0.1, -0.05) is 0 Å². The number of carbonyl (C=O) groups excluding carboxylic acids is 1. The third kappa shape index (κ3) is 5.02. The lowest BCUT2D eigenvalue weighted by atomic mass is 10.2. The summed E-state index contributed by atoms with van der Waals surface area (Å²) in [7, 11) is -4.07. The number of carboxylic acids is 1. The van der Waals surface area contributed by atoms with Crippen molar-refractivity contribution >= 4 is 27.6 Å². The predicted molar refractivity (Wildman–Crippen MR) is 73.0 cm³/mol. The van der Waals surface area contributed by atoms with Gasteiger partial charge in [-0.25, -0.2) is 17.9 Å². The molecule has 0 aliphatic rings. The number of nitrogens with two attached hydrogens (primary N) is 2. The molecule has 0 spiro atoms. The number of nitrogen functional groups attached to an aromatic ring is 1. The molecule has 6 N–H and O–H groups in total. The number of ether oxygens (including phenoxy) is 1. The Morgan fingerprint density at radius 2 is 2.00 bits per heavy atom. The molecule has 1 aromatic carbocycles. The van der Waals surface area contributed by atoms with Crippen LogP contribution in [0.4, 0.5) is 5.69 Å². The highest BCUT2D eigenvalue weighted by molar-refractivity contribution is 7.89. The van der Waals surface area contributed by atoms with Crippen LogP contribution in [0.25, 0.3) is 0 Å². The molecule has 1 amide bonds. The lowest BCUT2D eigenvalue weighted by Gasteiger charge is -2.10. The van der Waals surface area contributed by atoms with Crippen molar-refractivity contribution in [3.63, 3.8) is 0 Å². The summed E-state index contributed by atoms with van der Waals surface area (Å²) >= 11 is 0. The second-order valence-electron chi connectivity index (χ2n) is 3.98. The minimum atomic E-state index is -4.07. The van der Waals surface area contributed by atoms with E-state index in [0.29, 0.717) is 0 Å². The molecule has 0 saturated carbocycles. The van der Waals surface area contributed by atoms with Crippen molar-refractivity contribution < 1.29 is 27.9 Å². The Morgan fingerprint density at radius 1 is 1.33 bits per heavy atom. The van der Waals surface area contributed by atoms with Crippen LogP contribution in [-0.2, 0) is 19.6 Å². The Hall–Kier alpha value is -2.17. The third-order valence-corrected chi connectivity index (χ3v) is 3.81. The van der Waals surface area contributed by atoms with Crippen LogP contribution in [-0.4, -0.2) is 45.2 Å². The summed E-state index contributed by atoms with van der Waals surface area (Å²) in [5.41, 5.74) is 10.0. The zero-order valence-electron chi connectivity index (χ0n) is 10.9. The fraction of sp³-hybridized carbons (Fsp3) is 0.273. The molecule has 9 nitrogen and oxygen atoms in total. The smallest absolute Gasteiger partial charge is 0.337 e. The van der Waals surface area contributed by atoms with Crippen molar-refractivity contribution in [2.24, 2.45) is 5.73 Å². The summed E-state index contributed by atoms with van der Waals surface area (Å²) in [5, 5.41) is 8.98. The van der Waals surface area contributed by atoms with Gasteiger partial charge in [0.2, 0.25) is 15.9 Å². The van der Waals surface area contributed by atoms with Crippen LogP contribution < -0.4 is 16.2 Å². The van der Waals surface area contributed by atoms with Gasteiger partial charge in [0.05, 0.1) is 17.1 Å². The number of hydrogen-bond donors (Lipinski definition) is 4. The number of hydrogen-bond acceptors (Lipinski definition) is 6. The van der Waals surface area contributed by atoms with Gasteiger partial charge in [0, 0.05) is 12.2 Å². The van der Waals surface area contributed by atoms with E-state index in [1.54, 1.807) is 0 Å². The molecule has 0 bridgehead atoms. The van der Waals surface area contributed by atoms with Gasteiger partial charge in [-0.15, -0.1) is 0 Å². The number of benzene rings is 1. The topological polar surface area (TPSA) is 162 Å². The van der Waals surface area contributed by atoms with E-state index in [1.165, 1.54) is 6.07 Å². The number of rotatable bonds is 8. The minimum absolute atomic E-state index is 0.0904. The highest BCUT2D eigenvalue weighted by atomic mass is 32.2. The van der Waals surface area contributed by atoms with Crippen LogP contribution in [0.3, 0.4) is 0 Å². The summed E-state index contributed by atoms with van der Waals surface area (Å²) in [6, 6.07) is 3.45. The van der Waals surface area contributed by atoms with Crippen molar-refractivity contribution in [1.82, 2.24) is 4.72 Å². The van der Waals surface area contributed by atoms with Gasteiger partial charge in [-0.3, -0.25) is 4.79 Å². The largest absolute Gasteiger partial charge is 0.478 e. The normalized spacial score (nSPS) is 11.2. The first-order chi connectivity index (χ1) is 9.74. The molecule has 0 radical (unpaired) electrons. The molecule has 0 unspecified atom stereocenters. The van der Waals surface area contributed by atoms with Crippen LogP contribution in [0, 0.1) is 0 Å². The summed E-state index contributed by atoms with van der Waals surface area (Å²) in [6.07, 6.45) is 0. The molecule has 0 aromatic heterocycles. The second kappa shape index (κ2) is 7.02. The Kier molecular flexibility index (Phi) is 5.64. The molecule has 21 heavy (non-hydrogen) atoms. The summed E-state index contributed by atoms with van der Waals surface area (Å²) in [6.45, 7) is -0.573. The van der Waals surface area contributed by atoms with E-state index in [2.05, 4.69) is 4.72 Å². The van der Waals surface area contributed by atoms with E-state index < -0.39 is 32.4 Å². The molecular formula is C11H15N3O6S. The number of carbonyl (C=O) groups is 2. The van der Waals surface area contributed by atoms with Crippen LogP contribution in [0.2, 0.25) is 0 Å². The molecule has 1 rings (SSSR count). The Balaban J connectivity index is 2.81. The van der Waals surface area contributed by atoms with Crippen molar-refractivity contribution in [3.05, 3.63) is 23.8 Å². The molecule has 0 aliphatic heterocycles. The minimum Gasteiger partial charge on any atom is -0.478 e. The average molecular weight is 317 g/mol. The molecule has 0 fully saturated rings. The van der Waals surface area contributed by atoms with Gasteiger partial charge in [0.25, 0.3) is 0 Å². The standard InChI is InChI=1S/C11H15N3O6S/c12-7-1-2-8(11(16)17)9(5-7)21(18,19)14-3-4-20-6-10(13)15/h1-2,5,14H,3-4,6,12H2,(H2,13,15)(H,16,17). The first-order valence-electron chi connectivity index (χ1n) is 5.72. The Labute approximate surface area is 120 Å². The van der Waals surface area contributed by atoms with Gasteiger partial charge >= 0.3 is 5.97 Å². The highest BCUT2D eigenvalue weighted by Gasteiger charge is 2.22. The van der Waals surface area contributed by atoms with E-state index in [1.807, 2.05) is 0 Å². The lowest BCUT2D eigenvalue weighted by Crippen LogP contribution is -2.30.